The number of aliphatic carboxylic acids is 1. The topological polar surface area (TPSA) is 83.6 Å². The van der Waals surface area contributed by atoms with Gasteiger partial charge in [-0.1, -0.05) is 11.6 Å². The minimum absolute atomic E-state index is 0.0176. The number of nitrogens with two attached hydrogens (primary N) is 1. The number of carbonyl (C=O) groups excluding carboxylic acids is 1. The molecule has 0 aliphatic carbocycles. The van der Waals surface area contributed by atoms with Gasteiger partial charge in [0.05, 0.1) is 5.56 Å². The third kappa shape index (κ3) is 2.85. The predicted molar refractivity (Wildman–Crippen MR) is 79.2 cm³/mol. The lowest BCUT2D eigenvalue weighted by Gasteiger charge is -2.20. The fraction of sp³-hybridized carbons (Fsp3) is 0.333. The summed E-state index contributed by atoms with van der Waals surface area (Å²) in [5.41, 5.74) is 4.88. The molecule has 1 unspecified atom stereocenters. The summed E-state index contributed by atoms with van der Waals surface area (Å²) in [6, 6.07) is 5.04. The van der Waals surface area contributed by atoms with Crippen molar-refractivity contribution in [2.24, 2.45) is 5.73 Å². The van der Waals surface area contributed by atoms with Crippen LogP contribution in [0.5, 0.6) is 0 Å². The van der Waals surface area contributed by atoms with Gasteiger partial charge in [0.1, 0.15) is 5.54 Å². The average Bonchev–Trinajstić information content (AvgIpc) is 2.76. The minimum atomic E-state index is -1.35. The van der Waals surface area contributed by atoms with E-state index in [0.717, 1.165) is 3.57 Å². The summed E-state index contributed by atoms with van der Waals surface area (Å²) in [5, 5.41) is 9.53. The number of benzene rings is 1. The fourth-order valence-corrected chi connectivity index (χ4v) is 2.75. The first kappa shape index (κ1) is 14.5. The van der Waals surface area contributed by atoms with Crippen molar-refractivity contribution in [3.8, 4) is 0 Å². The smallest absolute Gasteiger partial charge is 0.325 e. The molecule has 3 N–H and O–H groups in total. The normalized spacial score (nSPS) is 22.6. The molecule has 0 spiro atoms. The Bertz CT molecular complexity index is 552. The van der Waals surface area contributed by atoms with Gasteiger partial charge in [-0.05, 0) is 47.2 Å². The number of nitrogens with zero attached hydrogens (tertiary/aromatic N) is 1. The molecule has 1 fully saturated rings. The van der Waals surface area contributed by atoms with Crippen LogP contribution in [0.15, 0.2) is 18.2 Å². The molecule has 0 bridgehead atoms. The number of halogens is 2. The van der Waals surface area contributed by atoms with Crippen LogP contribution in [-0.2, 0) is 4.79 Å². The van der Waals surface area contributed by atoms with E-state index < -0.39 is 11.5 Å². The van der Waals surface area contributed by atoms with Gasteiger partial charge < -0.3 is 15.7 Å². The van der Waals surface area contributed by atoms with Gasteiger partial charge in [0.15, 0.2) is 0 Å². The zero-order valence-corrected chi connectivity index (χ0v) is 12.8. The van der Waals surface area contributed by atoms with Crippen molar-refractivity contribution in [1.82, 2.24) is 4.90 Å². The van der Waals surface area contributed by atoms with E-state index in [9.17, 15) is 9.59 Å². The number of hydrogen-bond donors (Lipinski definition) is 2. The highest BCUT2D eigenvalue weighted by atomic mass is 127. The molecule has 1 atom stereocenters. The Balaban J connectivity index is 2.22. The highest BCUT2D eigenvalue weighted by Crippen LogP contribution is 2.24. The standard InChI is InChI=1S/C12H12ClIN2O3/c13-7-1-2-9(14)8(5-7)10(17)16-4-3-12(15,6-16)11(18)19/h1-2,5H,3-4,6,15H2,(H,18,19). The van der Waals surface area contributed by atoms with Crippen LogP contribution in [0.4, 0.5) is 0 Å². The molecule has 1 aliphatic rings. The number of likely N-dealkylation sites (tertiary alicyclic amines) is 1. The van der Waals surface area contributed by atoms with Gasteiger partial charge in [-0.3, -0.25) is 9.59 Å². The molecule has 1 aromatic rings. The van der Waals surface area contributed by atoms with Crippen LogP contribution in [0, 0.1) is 3.57 Å². The molecule has 102 valence electrons. The van der Waals surface area contributed by atoms with Gasteiger partial charge in [-0.25, -0.2) is 0 Å². The predicted octanol–water partition coefficient (Wildman–Crippen LogP) is 1.57. The maximum Gasteiger partial charge on any atom is 0.325 e. The number of carboxylic acid groups (broad SMARTS) is 1. The summed E-state index contributed by atoms with van der Waals surface area (Å²) in [5.74, 6) is -1.32. The zero-order chi connectivity index (χ0) is 14.2. The lowest BCUT2D eigenvalue weighted by Crippen LogP contribution is -2.50. The molecule has 1 amide bonds. The quantitative estimate of drug-likeness (QED) is 0.746. The molecule has 0 radical (unpaired) electrons. The fourth-order valence-electron chi connectivity index (χ4n) is 2.01. The second-order valence-electron chi connectivity index (χ2n) is 4.56. The molecule has 1 heterocycles. The lowest BCUT2D eigenvalue weighted by atomic mass is 10.0. The molecule has 0 saturated carbocycles. The number of carboxylic acids is 1. The van der Waals surface area contributed by atoms with Gasteiger partial charge in [0.2, 0.25) is 0 Å². The molecule has 0 aromatic heterocycles. The van der Waals surface area contributed by atoms with E-state index in [1.54, 1.807) is 18.2 Å². The molecule has 7 heteroatoms. The van der Waals surface area contributed by atoms with E-state index >= 15 is 0 Å². The van der Waals surface area contributed by atoms with Crippen molar-refractivity contribution < 1.29 is 14.7 Å². The highest BCUT2D eigenvalue weighted by Gasteiger charge is 2.43. The van der Waals surface area contributed by atoms with Gasteiger partial charge in [-0.2, -0.15) is 0 Å². The van der Waals surface area contributed by atoms with Crippen LogP contribution in [0.3, 0.4) is 0 Å². The molecular formula is C12H12ClIN2O3. The largest absolute Gasteiger partial charge is 0.480 e. The van der Waals surface area contributed by atoms with E-state index in [-0.39, 0.29) is 18.9 Å². The molecule has 2 rings (SSSR count). The van der Waals surface area contributed by atoms with Crippen molar-refractivity contribution >= 4 is 46.1 Å². The second-order valence-corrected chi connectivity index (χ2v) is 6.16. The first-order chi connectivity index (χ1) is 8.83. The molecule has 5 nitrogen and oxygen atoms in total. The Labute approximate surface area is 128 Å². The third-order valence-electron chi connectivity index (χ3n) is 3.17. The van der Waals surface area contributed by atoms with E-state index in [2.05, 4.69) is 0 Å². The highest BCUT2D eigenvalue weighted by molar-refractivity contribution is 14.1. The van der Waals surface area contributed by atoms with Crippen molar-refractivity contribution in [2.45, 2.75) is 12.0 Å². The first-order valence-electron chi connectivity index (χ1n) is 5.60. The molecule has 1 aliphatic heterocycles. The van der Waals surface area contributed by atoms with Crippen LogP contribution in [-0.4, -0.2) is 40.5 Å². The average molecular weight is 395 g/mol. The summed E-state index contributed by atoms with van der Waals surface area (Å²) in [6.45, 7) is 0.355. The molecule has 1 saturated heterocycles. The lowest BCUT2D eigenvalue weighted by molar-refractivity contribution is -0.142. The van der Waals surface area contributed by atoms with E-state index in [0.29, 0.717) is 17.1 Å². The first-order valence-corrected chi connectivity index (χ1v) is 7.06. The number of hydrogen-bond acceptors (Lipinski definition) is 3. The Morgan fingerprint density at radius 3 is 2.74 bits per heavy atom. The van der Waals surface area contributed by atoms with Crippen molar-refractivity contribution in [3.05, 3.63) is 32.4 Å². The van der Waals surface area contributed by atoms with Gasteiger partial charge in [0.25, 0.3) is 5.91 Å². The Kier molecular flexibility index (Phi) is 4.03. The maximum atomic E-state index is 12.3. The number of amides is 1. The summed E-state index contributed by atoms with van der Waals surface area (Å²) < 4.78 is 0.775. The van der Waals surface area contributed by atoms with Gasteiger partial charge in [-0.15, -0.1) is 0 Å². The summed E-state index contributed by atoms with van der Waals surface area (Å²) in [6.07, 6.45) is 0.255. The van der Waals surface area contributed by atoms with E-state index in [1.165, 1.54) is 4.90 Å². The van der Waals surface area contributed by atoms with E-state index in [1.807, 2.05) is 22.6 Å². The van der Waals surface area contributed by atoms with Crippen LogP contribution in [0.1, 0.15) is 16.8 Å². The van der Waals surface area contributed by atoms with Gasteiger partial charge in [0, 0.05) is 21.7 Å². The zero-order valence-electron chi connectivity index (χ0n) is 9.90. The molecule has 1 aromatic carbocycles. The van der Waals surface area contributed by atoms with Crippen LogP contribution < -0.4 is 5.73 Å². The number of carbonyl (C=O) groups is 2. The summed E-state index contributed by atoms with van der Waals surface area (Å²) in [7, 11) is 0. The second kappa shape index (κ2) is 5.26. The van der Waals surface area contributed by atoms with E-state index in [4.69, 9.17) is 22.4 Å². The van der Waals surface area contributed by atoms with Crippen LogP contribution in [0.2, 0.25) is 5.02 Å². The Morgan fingerprint density at radius 1 is 1.47 bits per heavy atom. The Morgan fingerprint density at radius 2 is 2.16 bits per heavy atom. The van der Waals surface area contributed by atoms with Crippen molar-refractivity contribution in [2.75, 3.05) is 13.1 Å². The van der Waals surface area contributed by atoms with Crippen molar-refractivity contribution in [3.63, 3.8) is 0 Å². The number of rotatable bonds is 2. The minimum Gasteiger partial charge on any atom is -0.480 e. The SMILES string of the molecule is NC1(C(=O)O)CCN(C(=O)c2cc(Cl)ccc2I)C1. The van der Waals surface area contributed by atoms with Crippen molar-refractivity contribution in [1.29, 1.82) is 0 Å². The maximum absolute atomic E-state index is 12.3. The summed E-state index contributed by atoms with van der Waals surface area (Å²) in [4.78, 5) is 24.9. The molecule has 19 heavy (non-hydrogen) atoms. The third-order valence-corrected chi connectivity index (χ3v) is 4.35. The van der Waals surface area contributed by atoms with Crippen LogP contribution in [0.25, 0.3) is 0 Å². The monoisotopic (exact) mass is 394 g/mol. The Hall–Kier alpha value is -0.860. The summed E-state index contributed by atoms with van der Waals surface area (Å²) >= 11 is 7.93. The molecular weight excluding hydrogens is 382 g/mol. The van der Waals surface area contributed by atoms with Gasteiger partial charge >= 0.3 is 5.97 Å². The van der Waals surface area contributed by atoms with Crippen LogP contribution >= 0.6 is 34.2 Å².